The Morgan fingerprint density at radius 2 is 2.22 bits per heavy atom. The van der Waals surface area contributed by atoms with Crippen molar-refractivity contribution in [2.45, 2.75) is 0 Å². The van der Waals surface area contributed by atoms with E-state index in [-0.39, 0.29) is 0 Å². The summed E-state index contributed by atoms with van der Waals surface area (Å²) in [6.07, 6.45) is 0.799. The van der Waals surface area contributed by atoms with Crippen LogP contribution in [0, 0.1) is 0 Å². The molecule has 0 unspecified atom stereocenters. The van der Waals surface area contributed by atoms with Crippen LogP contribution in [0.25, 0.3) is 0 Å². The van der Waals surface area contributed by atoms with Gasteiger partial charge in [-0.15, -0.1) is 0 Å². The molecule has 0 aromatic rings. The molecule has 0 fully saturated rings. The summed E-state index contributed by atoms with van der Waals surface area (Å²) in [7, 11) is 0. The maximum Gasteiger partial charge on any atom is 0.377 e. The lowest BCUT2D eigenvalue weighted by molar-refractivity contribution is -0.129. The first-order chi connectivity index (χ1) is 3.95. The van der Waals surface area contributed by atoms with Crippen molar-refractivity contribution in [2.24, 2.45) is 0 Å². The van der Waals surface area contributed by atoms with Crippen LogP contribution >= 0.6 is 6.72 Å². The lowest BCUT2D eigenvalue weighted by Crippen LogP contribution is -1.95. The Morgan fingerprint density at radius 3 is 2.33 bits per heavy atom. The molecule has 0 saturated carbocycles. The third kappa shape index (κ3) is 5.65. The molecule has 2 N–H and O–H groups in total. The number of hydrogen-bond donors (Lipinski definition) is 2. The third-order valence-electron chi connectivity index (χ3n) is 0.376. The summed E-state index contributed by atoms with van der Waals surface area (Å²) in [6, 6.07) is 0. The van der Waals surface area contributed by atoms with Crippen LogP contribution in [0.2, 0.25) is 0 Å². The van der Waals surface area contributed by atoms with Crippen molar-refractivity contribution in [1.82, 2.24) is 0 Å². The number of carbonyl (C=O) groups excluding carboxylic acids is 1. The molecule has 0 saturated heterocycles. The van der Waals surface area contributed by atoms with Crippen molar-refractivity contribution in [3.8, 4) is 0 Å². The van der Waals surface area contributed by atoms with Gasteiger partial charge in [0.05, 0.1) is 0 Å². The molecule has 0 aliphatic carbocycles. The zero-order valence-electron chi connectivity index (χ0n) is 4.35. The van der Waals surface area contributed by atoms with Crippen LogP contribution in [-0.2, 0) is 21.1 Å². The summed E-state index contributed by atoms with van der Waals surface area (Å²) in [5, 5.41) is 0. The second-order valence-corrected chi connectivity index (χ2v) is 3.70. The molecule has 52 valence electrons. The largest absolute Gasteiger partial charge is 0.388 e. The standard InChI is InChI=1S/C3H5O4PS/c1-2-3(4)7-8(5,6)9/h2H,1H2,(H2,5,6,9). The summed E-state index contributed by atoms with van der Waals surface area (Å²) in [4.78, 5) is 26.7. The highest BCUT2D eigenvalue weighted by atomic mass is 32.5. The van der Waals surface area contributed by atoms with Crippen molar-refractivity contribution in [3.63, 3.8) is 0 Å². The minimum Gasteiger partial charge on any atom is -0.388 e. The van der Waals surface area contributed by atoms with Gasteiger partial charge in [-0.25, -0.2) is 4.79 Å². The highest BCUT2D eigenvalue weighted by molar-refractivity contribution is 8.06. The van der Waals surface area contributed by atoms with E-state index in [2.05, 4.69) is 22.9 Å². The van der Waals surface area contributed by atoms with Gasteiger partial charge in [0, 0.05) is 17.9 Å². The second-order valence-electron chi connectivity index (χ2n) is 1.11. The monoisotopic (exact) mass is 168 g/mol. The Balaban J connectivity index is 3.89. The van der Waals surface area contributed by atoms with Crippen LogP contribution in [0.1, 0.15) is 0 Å². The third-order valence-corrected chi connectivity index (χ3v) is 1.02. The smallest absolute Gasteiger partial charge is 0.377 e. The van der Waals surface area contributed by atoms with Crippen molar-refractivity contribution in [3.05, 3.63) is 12.7 Å². The zero-order chi connectivity index (χ0) is 7.49. The predicted molar refractivity (Wildman–Crippen MR) is 35.0 cm³/mol. The lowest BCUT2D eigenvalue weighted by Gasteiger charge is -2.03. The van der Waals surface area contributed by atoms with Gasteiger partial charge in [0.25, 0.3) is 0 Å². The number of carbonyl (C=O) groups is 1. The highest BCUT2D eigenvalue weighted by Crippen LogP contribution is 2.36. The van der Waals surface area contributed by atoms with Crippen molar-refractivity contribution in [1.29, 1.82) is 0 Å². The van der Waals surface area contributed by atoms with Gasteiger partial charge >= 0.3 is 12.7 Å². The van der Waals surface area contributed by atoms with Crippen LogP contribution < -0.4 is 0 Å². The SMILES string of the molecule is C=CC(=O)OP(O)(O)=S. The molecule has 0 bridgehead atoms. The lowest BCUT2D eigenvalue weighted by atomic mass is 10.7. The first-order valence-electron chi connectivity index (χ1n) is 1.87. The van der Waals surface area contributed by atoms with Crippen LogP contribution in [0.5, 0.6) is 0 Å². The summed E-state index contributed by atoms with van der Waals surface area (Å²) in [5.41, 5.74) is 0. The average Bonchev–Trinajstić information content (AvgIpc) is 1.62. The van der Waals surface area contributed by atoms with Gasteiger partial charge in [0.1, 0.15) is 0 Å². The van der Waals surface area contributed by atoms with E-state index < -0.39 is 12.7 Å². The van der Waals surface area contributed by atoms with Crippen molar-refractivity contribution >= 4 is 24.5 Å². The van der Waals surface area contributed by atoms with E-state index in [0.29, 0.717) is 0 Å². The quantitative estimate of drug-likeness (QED) is 0.446. The summed E-state index contributed by atoms with van der Waals surface area (Å²) in [6.45, 7) is -0.806. The normalized spacial score (nSPS) is 10.4. The Kier molecular flexibility index (Phi) is 3.00. The van der Waals surface area contributed by atoms with Crippen LogP contribution in [-0.4, -0.2) is 15.8 Å². The molecule has 0 heterocycles. The van der Waals surface area contributed by atoms with Gasteiger partial charge in [-0.1, -0.05) is 6.58 Å². The predicted octanol–water partition coefficient (Wildman–Crippen LogP) is -0.0753. The molecule has 0 radical (unpaired) electrons. The fourth-order valence-electron chi connectivity index (χ4n) is 0.154. The van der Waals surface area contributed by atoms with Gasteiger partial charge in [-0.05, 0) is 0 Å². The minimum atomic E-state index is -3.83. The summed E-state index contributed by atoms with van der Waals surface area (Å²) in [5.74, 6) is -0.927. The molecule has 4 nitrogen and oxygen atoms in total. The Hall–Kier alpha value is -0.220. The molecule has 6 heteroatoms. The van der Waals surface area contributed by atoms with Gasteiger partial charge in [0.2, 0.25) is 0 Å². The maximum absolute atomic E-state index is 10.1. The summed E-state index contributed by atoms with van der Waals surface area (Å²) >= 11 is 3.96. The zero-order valence-corrected chi connectivity index (χ0v) is 6.06. The van der Waals surface area contributed by atoms with Gasteiger partial charge in [-0.2, -0.15) is 0 Å². The van der Waals surface area contributed by atoms with Crippen LogP contribution in [0.4, 0.5) is 0 Å². The summed E-state index contributed by atoms with van der Waals surface area (Å²) < 4.78 is 3.87. The first kappa shape index (κ1) is 8.78. The maximum atomic E-state index is 10.1. The Labute approximate surface area is 57.0 Å². The van der Waals surface area contributed by atoms with Crippen LogP contribution in [0.15, 0.2) is 12.7 Å². The molecule has 0 atom stereocenters. The van der Waals surface area contributed by atoms with Crippen molar-refractivity contribution < 1.29 is 19.1 Å². The van der Waals surface area contributed by atoms with Gasteiger partial charge in [0.15, 0.2) is 0 Å². The number of rotatable bonds is 2. The fourth-order valence-corrected chi connectivity index (χ4v) is 0.684. The van der Waals surface area contributed by atoms with Crippen molar-refractivity contribution in [2.75, 3.05) is 0 Å². The first-order valence-corrected chi connectivity index (χ1v) is 4.50. The molecule has 0 aliphatic heterocycles. The molecular weight excluding hydrogens is 163 g/mol. The topological polar surface area (TPSA) is 66.8 Å². The van der Waals surface area contributed by atoms with E-state index >= 15 is 0 Å². The highest BCUT2D eigenvalue weighted by Gasteiger charge is 2.11. The molecule has 0 rings (SSSR count). The molecule has 0 aromatic heterocycles. The minimum absolute atomic E-state index is 0.799. The number of hydrogen-bond acceptors (Lipinski definition) is 3. The van der Waals surface area contributed by atoms with Crippen LogP contribution in [0.3, 0.4) is 0 Å². The van der Waals surface area contributed by atoms with Gasteiger partial charge < -0.3 is 14.3 Å². The average molecular weight is 168 g/mol. The van der Waals surface area contributed by atoms with E-state index in [4.69, 9.17) is 9.79 Å². The van der Waals surface area contributed by atoms with E-state index in [1.165, 1.54) is 0 Å². The van der Waals surface area contributed by atoms with E-state index in [0.717, 1.165) is 6.08 Å². The van der Waals surface area contributed by atoms with Gasteiger partial charge in [-0.3, -0.25) is 0 Å². The molecule has 0 aliphatic rings. The van der Waals surface area contributed by atoms with E-state index in [1.54, 1.807) is 0 Å². The Bertz CT molecular complexity index is 171. The second kappa shape index (κ2) is 3.08. The molecule has 0 aromatic carbocycles. The molecule has 0 amide bonds. The fraction of sp³-hybridized carbons (Fsp3) is 0. The molecular formula is C3H5O4PS. The molecule has 9 heavy (non-hydrogen) atoms. The molecule has 0 spiro atoms. The van der Waals surface area contributed by atoms with E-state index in [9.17, 15) is 4.79 Å². The Morgan fingerprint density at radius 1 is 1.78 bits per heavy atom. The van der Waals surface area contributed by atoms with E-state index in [1.807, 2.05) is 0 Å².